The van der Waals surface area contributed by atoms with Crippen LogP contribution >= 0.6 is 34.8 Å². The number of carbonyl (C=O) groups excluding carboxylic acids is 2. The van der Waals surface area contributed by atoms with Crippen LogP contribution in [0.4, 0.5) is 10.1 Å². The zero-order valence-electron chi connectivity index (χ0n) is 22.3. The lowest BCUT2D eigenvalue weighted by Crippen LogP contribution is -2.54. The Kier molecular flexibility index (Phi) is 10.1. The minimum Gasteiger partial charge on any atom is -0.350 e. The molecule has 1 unspecified atom stereocenters. The first-order valence-corrected chi connectivity index (χ1v) is 14.8. The van der Waals surface area contributed by atoms with Crippen LogP contribution in [0.5, 0.6) is 0 Å². The number of hydrogen-bond donors (Lipinski definition) is 1. The van der Waals surface area contributed by atoms with Crippen LogP contribution in [0.1, 0.15) is 33.3 Å². The molecular weight excluding hydrogens is 600 g/mol. The Morgan fingerprint density at radius 2 is 1.52 bits per heavy atom. The Balaban J connectivity index is 2.09. The number of benzene rings is 3. The normalized spacial score (nSPS) is 12.5. The standard InChI is InChI=1S/C28H29Cl3FN3O4S/c1-18(27(37)33-28(2,3)4)34(16-21-22(29)11-8-12-23(21)30)26(36)17-35(19-13-14-25(32)24(31)15-19)40(38,39)20-9-6-5-7-10-20/h5-15,18H,16-17H2,1-4H3,(H,33,37). The van der Waals surface area contributed by atoms with Gasteiger partial charge in [0.25, 0.3) is 10.0 Å². The summed E-state index contributed by atoms with van der Waals surface area (Å²) in [5.41, 5.74) is -0.252. The monoisotopic (exact) mass is 627 g/mol. The predicted molar refractivity (Wildman–Crippen MR) is 157 cm³/mol. The van der Waals surface area contributed by atoms with E-state index in [2.05, 4.69) is 5.32 Å². The van der Waals surface area contributed by atoms with Crippen molar-refractivity contribution in [3.05, 3.63) is 93.2 Å². The molecule has 3 aromatic carbocycles. The third-order valence-electron chi connectivity index (χ3n) is 5.86. The Hall–Kier alpha value is -2.85. The summed E-state index contributed by atoms with van der Waals surface area (Å²) < 4.78 is 42.3. The van der Waals surface area contributed by atoms with Crippen LogP contribution in [0.3, 0.4) is 0 Å². The number of nitrogens with one attached hydrogen (secondary N) is 1. The van der Waals surface area contributed by atoms with Crippen molar-refractivity contribution in [2.45, 2.75) is 50.7 Å². The van der Waals surface area contributed by atoms with E-state index in [1.54, 1.807) is 45.0 Å². The lowest BCUT2D eigenvalue weighted by atomic mass is 10.1. The molecule has 0 saturated heterocycles. The molecule has 0 bridgehead atoms. The van der Waals surface area contributed by atoms with E-state index in [-0.39, 0.29) is 32.2 Å². The van der Waals surface area contributed by atoms with Crippen molar-refractivity contribution in [1.82, 2.24) is 10.2 Å². The van der Waals surface area contributed by atoms with Crippen molar-refractivity contribution in [1.29, 1.82) is 0 Å². The van der Waals surface area contributed by atoms with Gasteiger partial charge in [-0.05, 0) is 70.2 Å². The fourth-order valence-corrected chi connectivity index (χ4v) is 5.92. The lowest BCUT2D eigenvalue weighted by Gasteiger charge is -2.33. The highest BCUT2D eigenvalue weighted by molar-refractivity contribution is 7.92. The van der Waals surface area contributed by atoms with Gasteiger partial charge in [0.15, 0.2) is 0 Å². The molecule has 0 aromatic heterocycles. The molecule has 3 aromatic rings. The molecule has 40 heavy (non-hydrogen) atoms. The zero-order valence-corrected chi connectivity index (χ0v) is 25.4. The van der Waals surface area contributed by atoms with E-state index in [0.717, 1.165) is 16.4 Å². The Labute approximate surface area is 248 Å². The highest BCUT2D eigenvalue weighted by Crippen LogP contribution is 2.30. The van der Waals surface area contributed by atoms with Gasteiger partial charge >= 0.3 is 0 Å². The van der Waals surface area contributed by atoms with E-state index in [0.29, 0.717) is 5.56 Å². The van der Waals surface area contributed by atoms with Crippen LogP contribution in [0.15, 0.2) is 71.6 Å². The number of anilines is 1. The molecule has 7 nitrogen and oxygen atoms in total. The fourth-order valence-electron chi connectivity index (χ4n) is 3.80. The number of amides is 2. The summed E-state index contributed by atoms with van der Waals surface area (Å²) >= 11 is 18.7. The second kappa shape index (κ2) is 12.8. The summed E-state index contributed by atoms with van der Waals surface area (Å²) in [5.74, 6) is -1.95. The van der Waals surface area contributed by atoms with Crippen LogP contribution in [-0.4, -0.2) is 43.3 Å². The molecule has 1 atom stereocenters. The molecule has 0 aliphatic heterocycles. The average molecular weight is 629 g/mol. The van der Waals surface area contributed by atoms with Crippen LogP contribution in [0.25, 0.3) is 0 Å². The van der Waals surface area contributed by atoms with E-state index in [4.69, 9.17) is 34.8 Å². The van der Waals surface area contributed by atoms with Gasteiger partial charge in [0.05, 0.1) is 15.6 Å². The molecule has 0 aliphatic rings. The maximum Gasteiger partial charge on any atom is 0.264 e. The first kappa shape index (κ1) is 31.7. The Morgan fingerprint density at radius 1 is 0.925 bits per heavy atom. The summed E-state index contributed by atoms with van der Waals surface area (Å²) in [4.78, 5) is 28.2. The summed E-state index contributed by atoms with van der Waals surface area (Å²) in [6.07, 6.45) is 0. The molecule has 0 radical (unpaired) electrons. The Bertz CT molecular complexity index is 1480. The zero-order chi connectivity index (χ0) is 29.8. The van der Waals surface area contributed by atoms with Crippen molar-refractivity contribution in [3.8, 4) is 0 Å². The van der Waals surface area contributed by atoms with Crippen molar-refractivity contribution in [3.63, 3.8) is 0 Å². The van der Waals surface area contributed by atoms with Crippen molar-refractivity contribution < 1.29 is 22.4 Å². The average Bonchev–Trinajstić information content (AvgIpc) is 2.88. The van der Waals surface area contributed by atoms with E-state index >= 15 is 0 Å². The van der Waals surface area contributed by atoms with Gasteiger partial charge in [0.1, 0.15) is 18.4 Å². The van der Waals surface area contributed by atoms with Crippen molar-refractivity contribution >= 4 is 62.3 Å². The smallest absolute Gasteiger partial charge is 0.264 e. The van der Waals surface area contributed by atoms with Crippen LogP contribution in [0.2, 0.25) is 15.1 Å². The lowest BCUT2D eigenvalue weighted by molar-refractivity contribution is -0.140. The number of hydrogen-bond acceptors (Lipinski definition) is 4. The van der Waals surface area contributed by atoms with Gasteiger partial charge in [0.2, 0.25) is 11.8 Å². The fraction of sp³-hybridized carbons (Fsp3) is 0.286. The summed E-state index contributed by atoms with van der Waals surface area (Å²) in [7, 11) is -4.32. The summed E-state index contributed by atoms with van der Waals surface area (Å²) in [6, 6.07) is 14.6. The van der Waals surface area contributed by atoms with E-state index < -0.39 is 45.8 Å². The number of carbonyl (C=O) groups is 2. The minimum absolute atomic E-state index is 0.0360. The van der Waals surface area contributed by atoms with Gasteiger partial charge in [-0.1, -0.05) is 59.1 Å². The first-order valence-electron chi connectivity index (χ1n) is 12.2. The van der Waals surface area contributed by atoms with Gasteiger partial charge in [-0.15, -0.1) is 0 Å². The van der Waals surface area contributed by atoms with E-state index in [1.165, 1.54) is 42.2 Å². The number of rotatable bonds is 9. The second-order valence-corrected chi connectivity index (χ2v) is 13.1. The molecular formula is C28H29Cl3FN3O4S. The maximum absolute atomic E-state index is 14.0. The third kappa shape index (κ3) is 7.66. The first-order chi connectivity index (χ1) is 18.6. The molecule has 2 amide bonds. The maximum atomic E-state index is 14.0. The summed E-state index contributed by atoms with van der Waals surface area (Å²) in [6.45, 7) is 5.99. The van der Waals surface area contributed by atoms with Gasteiger partial charge in [-0.2, -0.15) is 0 Å². The van der Waals surface area contributed by atoms with E-state index in [9.17, 15) is 22.4 Å². The highest BCUT2D eigenvalue weighted by atomic mass is 35.5. The molecule has 12 heteroatoms. The quantitative estimate of drug-likeness (QED) is 0.301. The number of halogens is 4. The minimum atomic E-state index is -4.32. The third-order valence-corrected chi connectivity index (χ3v) is 8.64. The van der Waals surface area contributed by atoms with E-state index in [1.807, 2.05) is 0 Å². The van der Waals surface area contributed by atoms with Gasteiger partial charge in [0, 0.05) is 27.7 Å². The molecule has 0 fully saturated rings. The predicted octanol–water partition coefficient (Wildman–Crippen LogP) is 6.31. The van der Waals surface area contributed by atoms with Gasteiger partial charge < -0.3 is 10.2 Å². The highest BCUT2D eigenvalue weighted by Gasteiger charge is 2.34. The molecule has 0 heterocycles. The number of nitrogens with zero attached hydrogens (tertiary/aromatic N) is 2. The SMILES string of the molecule is CC(C(=O)NC(C)(C)C)N(Cc1c(Cl)cccc1Cl)C(=O)CN(c1ccc(F)c(Cl)c1)S(=O)(=O)c1ccccc1. The van der Waals surface area contributed by atoms with Gasteiger partial charge in [-0.25, -0.2) is 12.8 Å². The molecule has 214 valence electrons. The number of sulfonamides is 1. The molecule has 0 aliphatic carbocycles. The summed E-state index contributed by atoms with van der Waals surface area (Å²) in [5, 5.41) is 3.05. The Morgan fingerprint density at radius 3 is 2.08 bits per heavy atom. The van der Waals surface area contributed by atoms with Crippen LogP contribution in [-0.2, 0) is 26.2 Å². The second-order valence-electron chi connectivity index (χ2n) is 10.1. The largest absolute Gasteiger partial charge is 0.350 e. The molecule has 3 rings (SSSR count). The van der Waals surface area contributed by atoms with Crippen molar-refractivity contribution in [2.75, 3.05) is 10.8 Å². The van der Waals surface area contributed by atoms with Gasteiger partial charge in [-0.3, -0.25) is 13.9 Å². The van der Waals surface area contributed by atoms with Crippen LogP contribution < -0.4 is 9.62 Å². The topological polar surface area (TPSA) is 86.8 Å². The molecule has 0 spiro atoms. The van der Waals surface area contributed by atoms with Crippen molar-refractivity contribution in [2.24, 2.45) is 0 Å². The van der Waals surface area contributed by atoms with Crippen LogP contribution in [0, 0.1) is 5.82 Å². The molecule has 1 N–H and O–H groups in total. The molecule has 0 saturated carbocycles.